The van der Waals surface area contributed by atoms with Gasteiger partial charge < -0.3 is 18.9 Å². The summed E-state index contributed by atoms with van der Waals surface area (Å²) in [5.41, 5.74) is 3.01. The molecule has 0 spiro atoms. The zero-order valence-electron chi connectivity index (χ0n) is 20.0. The van der Waals surface area contributed by atoms with Gasteiger partial charge in [0.2, 0.25) is 10.0 Å². The molecule has 2 rings (SSSR count). The van der Waals surface area contributed by atoms with E-state index in [-0.39, 0.29) is 10.6 Å². The van der Waals surface area contributed by atoms with E-state index in [9.17, 15) is 13.2 Å². The third kappa shape index (κ3) is 7.09. The topological polar surface area (TPSA) is 116 Å². The summed E-state index contributed by atoms with van der Waals surface area (Å²) in [5, 5.41) is 3.91. The highest BCUT2D eigenvalue weighted by atomic mass is 32.2. The van der Waals surface area contributed by atoms with Crippen LogP contribution in [0.2, 0.25) is 0 Å². The molecule has 0 aliphatic carbocycles. The number of benzene rings is 2. The molecule has 0 bridgehead atoms. The van der Waals surface area contributed by atoms with Crippen molar-refractivity contribution in [2.75, 3.05) is 41.0 Å². The van der Waals surface area contributed by atoms with Crippen LogP contribution in [0.25, 0.3) is 0 Å². The van der Waals surface area contributed by atoms with Crippen molar-refractivity contribution in [1.29, 1.82) is 0 Å². The van der Waals surface area contributed by atoms with Gasteiger partial charge >= 0.3 is 0 Å². The molecule has 34 heavy (non-hydrogen) atoms. The Morgan fingerprint density at radius 2 is 1.71 bits per heavy atom. The lowest BCUT2D eigenvalue weighted by atomic mass is 10.2. The average molecular weight is 494 g/mol. The number of hydrogen-bond donors (Lipinski definition) is 1. The predicted molar refractivity (Wildman–Crippen MR) is 128 cm³/mol. The number of amides is 1. The number of methoxy groups -OCH3 is 2. The number of hydrazone groups is 1. The summed E-state index contributed by atoms with van der Waals surface area (Å²) < 4.78 is 48.1. The van der Waals surface area contributed by atoms with Crippen molar-refractivity contribution in [3.05, 3.63) is 42.0 Å². The second-order valence-electron chi connectivity index (χ2n) is 7.06. The standard InChI is InChI=1S/C23H31N3O7S/c1-6-12-33-20-10-8-17(13-22(20)32-7-2)15-24-25-23(27)16-26(3)34(28,29)18-9-11-19(30-4)21(14-18)31-5/h8-11,13-15H,6-7,12,16H2,1-5H3,(H,25,27)/b24-15-. The quantitative estimate of drug-likeness (QED) is 0.337. The van der Waals surface area contributed by atoms with Crippen LogP contribution < -0.4 is 24.4 Å². The highest BCUT2D eigenvalue weighted by Crippen LogP contribution is 2.30. The fourth-order valence-corrected chi connectivity index (χ4v) is 4.01. The monoisotopic (exact) mass is 493 g/mol. The predicted octanol–water partition coefficient (Wildman–Crippen LogP) is 2.66. The normalized spacial score (nSPS) is 11.5. The van der Waals surface area contributed by atoms with Gasteiger partial charge in [0.05, 0.1) is 45.1 Å². The van der Waals surface area contributed by atoms with Crippen molar-refractivity contribution in [1.82, 2.24) is 9.73 Å². The molecule has 10 nitrogen and oxygen atoms in total. The first kappa shape index (κ1) is 26.9. The van der Waals surface area contributed by atoms with Crippen LogP contribution in [0.4, 0.5) is 0 Å². The summed E-state index contributed by atoms with van der Waals surface area (Å²) >= 11 is 0. The Labute approximate surface area is 200 Å². The lowest BCUT2D eigenvalue weighted by molar-refractivity contribution is -0.121. The number of likely N-dealkylation sites (N-methyl/N-ethyl adjacent to an activating group) is 1. The summed E-state index contributed by atoms with van der Waals surface area (Å²) in [4.78, 5) is 12.2. The van der Waals surface area contributed by atoms with Gasteiger partial charge in [0, 0.05) is 13.1 Å². The van der Waals surface area contributed by atoms with Crippen molar-refractivity contribution < 1.29 is 32.2 Å². The van der Waals surface area contributed by atoms with Gasteiger partial charge in [-0.2, -0.15) is 9.41 Å². The maximum Gasteiger partial charge on any atom is 0.255 e. The molecule has 2 aromatic rings. The minimum Gasteiger partial charge on any atom is -0.493 e. The molecule has 11 heteroatoms. The first-order valence-corrected chi connectivity index (χ1v) is 12.1. The molecule has 0 heterocycles. The average Bonchev–Trinajstić information content (AvgIpc) is 2.83. The van der Waals surface area contributed by atoms with Crippen molar-refractivity contribution >= 4 is 22.1 Å². The molecule has 186 valence electrons. The van der Waals surface area contributed by atoms with Crippen LogP contribution in [-0.4, -0.2) is 65.9 Å². The second-order valence-corrected chi connectivity index (χ2v) is 9.10. The third-order valence-electron chi connectivity index (χ3n) is 4.56. The Hall–Kier alpha value is -3.31. The highest BCUT2D eigenvalue weighted by Gasteiger charge is 2.24. The van der Waals surface area contributed by atoms with Gasteiger partial charge in [-0.1, -0.05) is 6.92 Å². The molecule has 2 aromatic carbocycles. The summed E-state index contributed by atoms with van der Waals surface area (Å²) in [6, 6.07) is 9.50. The molecule has 0 aliphatic heterocycles. The smallest absolute Gasteiger partial charge is 0.255 e. The van der Waals surface area contributed by atoms with Crippen LogP contribution >= 0.6 is 0 Å². The Bertz CT molecular complexity index is 1100. The lowest BCUT2D eigenvalue weighted by Gasteiger charge is -2.17. The third-order valence-corrected chi connectivity index (χ3v) is 6.36. The van der Waals surface area contributed by atoms with E-state index >= 15 is 0 Å². The Balaban J connectivity index is 2.03. The van der Waals surface area contributed by atoms with E-state index in [0.29, 0.717) is 36.0 Å². The van der Waals surface area contributed by atoms with Gasteiger partial charge in [-0.25, -0.2) is 13.8 Å². The van der Waals surface area contributed by atoms with Crippen LogP contribution in [0.5, 0.6) is 23.0 Å². The Morgan fingerprint density at radius 3 is 2.35 bits per heavy atom. The van der Waals surface area contributed by atoms with Gasteiger partial charge in [0.1, 0.15) is 0 Å². The second kappa shape index (κ2) is 12.8. The number of hydrogen-bond acceptors (Lipinski definition) is 8. The van der Waals surface area contributed by atoms with E-state index in [0.717, 1.165) is 10.7 Å². The summed E-state index contributed by atoms with van der Waals surface area (Å²) in [5.74, 6) is 1.27. The SMILES string of the molecule is CCCOc1ccc(/C=N\NC(=O)CN(C)S(=O)(=O)c2ccc(OC)c(OC)c2)cc1OCC. The molecule has 0 radical (unpaired) electrons. The Morgan fingerprint density at radius 1 is 1.00 bits per heavy atom. The number of carbonyl (C=O) groups is 1. The molecule has 0 atom stereocenters. The van der Waals surface area contributed by atoms with Crippen molar-refractivity contribution in [2.24, 2.45) is 5.10 Å². The summed E-state index contributed by atoms with van der Waals surface area (Å²) in [6.07, 6.45) is 2.31. The van der Waals surface area contributed by atoms with E-state index in [4.69, 9.17) is 18.9 Å². The van der Waals surface area contributed by atoms with Crippen LogP contribution in [0.1, 0.15) is 25.8 Å². The fraction of sp³-hybridized carbons (Fsp3) is 0.391. The number of carbonyl (C=O) groups excluding carboxylic acids is 1. The van der Waals surface area contributed by atoms with E-state index in [1.54, 1.807) is 18.2 Å². The van der Waals surface area contributed by atoms with Gasteiger partial charge in [0.25, 0.3) is 5.91 Å². The minimum atomic E-state index is -3.94. The van der Waals surface area contributed by atoms with Crippen LogP contribution in [0, 0.1) is 0 Å². The number of nitrogens with zero attached hydrogens (tertiary/aromatic N) is 2. The fourth-order valence-electron chi connectivity index (χ4n) is 2.86. The number of sulfonamides is 1. The number of ether oxygens (including phenoxy) is 4. The molecule has 0 saturated carbocycles. The largest absolute Gasteiger partial charge is 0.493 e. The molecule has 0 unspecified atom stereocenters. The van der Waals surface area contributed by atoms with Crippen LogP contribution in [0.15, 0.2) is 46.4 Å². The molecule has 0 aromatic heterocycles. The van der Waals surface area contributed by atoms with E-state index in [1.165, 1.54) is 45.7 Å². The molecular weight excluding hydrogens is 462 g/mol. The molecule has 1 N–H and O–H groups in total. The molecule has 0 aliphatic rings. The number of nitrogens with one attached hydrogen (secondary N) is 1. The Kier molecular flexibility index (Phi) is 10.1. The first-order chi connectivity index (χ1) is 16.3. The van der Waals surface area contributed by atoms with E-state index in [1.807, 2.05) is 13.8 Å². The summed E-state index contributed by atoms with van der Waals surface area (Å²) in [6.45, 7) is 4.50. The minimum absolute atomic E-state index is 0.0298. The lowest BCUT2D eigenvalue weighted by Crippen LogP contribution is -2.36. The van der Waals surface area contributed by atoms with Gasteiger partial charge in [-0.15, -0.1) is 0 Å². The first-order valence-electron chi connectivity index (χ1n) is 10.7. The van der Waals surface area contributed by atoms with Crippen LogP contribution in [0.3, 0.4) is 0 Å². The van der Waals surface area contributed by atoms with E-state index < -0.39 is 22.5 Å². The van der Waals surface area contributed by atoms with Gasteiger partial charge in [-0.3, -0.25) is 4.79 Å². The molecule has 1 amide bonds. The molecule has 0 fully saturated rings. The maximum atomic E-state index is 12.8. The van der Waals surface area contributed by atoms with Gasteiger partial charge in [-0.05, 0) is 49.2 Å². The number of rotatable bonds is 13. The zero-order chi connectivity index (χ0) is 25.1. The molecule has 0 saturated heterocycles. The summed E-state index contributed by atoms with van der Waals surface area (Å²) in [7, 11) is 0.228. The zero-order valence-corrected chi connectivity index (χ0v) is 20.8. The van der Waals surface area contributed by atoms with Crippen LogP contribution in [-0.2, 0) is 14.8 Å². The van der Waals surface area contributed by atoms with Crippen molar-refractivity contribution in [2.45, 2.75) is 25.2 Å². The van der Waals surface area contributed by atoms with Crippen molar-refractivity contribution in [3.63, 3.8) is 0 Å². The highest BCUT2D eigenvalue weighted by molar-refractivity contribution is 7.89. The molecular formula is C23H31N3O7S. The van der Waals surface area contributed by atoms with E-state index in [2.05, 4.69) is 10.5 Å². The van der Waals surface area contributed by atoms with Crippen molar-refractivity contribution in [3.8, 4) is 23.0 Å². The maximum absolute atomic E-state index is 12.8. The van der Waals surface area contributed by atoms with Gasteiger partial charge in [0.15, 0.2) is 23.0 Å².